The second kappa shape index (κ2) is 7.48. The molecule has 0 spiro atoms. The Balaban J connectivity index is 1.98. The van der Waals surface area contributed by atoms with E-state index in [9.17, 15) is 4.79 Å². The van der Waals surface area contributed by atoms with Crippen LogP contribution in [0.3, 0.4) is 0 Å². The normalized spacial score (nSPS) is 17.5. The van der Waals surface area contributed by atoms with Gasteiger partial charge in [-0.1, -0.05) is 36.2 Å². The zero-order chi connectivity index (χ0) is 15.4. The molecule has 3 nitrogen and oxygen atoms in total. The van der Waals surface area contributed by atoms with Gasteiger partial charge < -0.3 is 10.2 Å². The predicted molar refractivity (Wildman–Crippen MR) is 88.0 cm³/mol. The summed E-state index contributed by atoms with van der Waals surface area (Å²) in [4.78, 5) is 14.5. The summed E-state index contributed by atoms with van der Waals surface area (Å²) in [7, 11) is 1.91. The second-order valence-corrected chi connectivity index (χ2v) is 6.61. The van der Waals surface area contributed by atoms with Crippen molar-refractivity contribution in [1.82, 2.24) is 10.2 Å². The summed E-state index contributed by atoms with van der Waals surface area (Å²) < 4.78 is 0. The lowest BCUT2D eigenvalue weighted by atomic mass is 9.97. The lowest BCUT2D eigenvalue weighted by Gasteiger charge is -2.33. The molecule has 116 valence electrons. The number of benzene rings is 1. The first-order valence-electron chi connectivity index (χ1n) is 7.40. The molecule has 1 heterocycles. The number of piperidine rings is 1. The van der Waals surface area contributed by atoms with Crippen LogP contribution in [0.1, 0.15) is 25.3 Å². The minimum absolute atomic E-state index is 0.0800. The molecule has 0 radical (unpaired) electrons. The van der Waals surface area contributed by atoms with E-state index < -0.39 is 0 Å². The van der Waals surface area contributed by atoms with Gasteiger partial charge in [0.2, 0.25) is 5.91 Å². The van der Waals surface area contributed by atoms with Crippen molar-refractivity contribution in [2.45, 2.75) is 32.2 Å². The van der Waals surface area contributed by atoms with E-state index in [1.165, 1.54) is 0 Å². The van der Waals surface area contributed by atoms with E-state index in [1.54, 1.807) is 6.07 Å². The van der Waals surface area contributed by atoms with Crippen LogP contribution in [0, 0.1) is 5.92 Å². The predicted octanol–water partition coefficient (Wildman–Crippen LogP) is 3.38. The quantitative estimate of drug-likeness (QED) is 0.918. The van der Waals surface area contributed by atoms with E-state index in [-0.39, 0.29) is 11.8 Å². The van der Waals surface area contributed by atoms with E-state index >= 15 is 0 Å². The number of carbonyl (C=O) groups is 1. The SMILES string of the molecule is CC(Cc1ccc(Cl)cc1Cl)C(=O)N(C)C1CCNCC1. The van der Waals surface area contributed by atoms with Gasteiger partial charge in [0, 0.05) is 29.1 Å². The Hall–Kier alpha value is -0.770. The fourth-order valence-electron chi connectivity index (χ4n) is 2.83. The largest absolute Gasteiger partial charge is 0.342 e. The maximum absolute atomic E-state index is 12.6. The molecule has 1 aromatic carbocycles. The van der Waals surface area contributed by atoms with E-state index in [0.29, 0.717) is 22.5 Å². The van der Waals surface area contributed by atoms with Gasteiger partial charge in [0.15, 0.2) is 0 Å². The zero-order valence-electron chi connectivity index (χ0n) is 12.5. The third-order valence-electron chi connectivity index (χ3n) is 4.17. The van der Waals surface area contributed by atoms with Crippen molar-refractivity contribution < 1.29 is 4.79 Å². The van der Waals surface area contributed by atoms with Crippen molar-refractivity contribution in [2.75, 3.05) is 20.1 Å². The molecule has 0 saturated carbocycles. The highest BCUT2D eigenvalue weighted by Crippen LogP contribution is 2.24. The molecule has 5 heteroatoms. The number of hydrogen-bond acceptors (Lipinski definition) is 2. The summed E-state index contributed by atoms with van der Waals surface area (Å²) in [5.74, 6) is 0.108. The van der Waals surface area contributed by atoms with E-state index in [4.69, 9.17) is 23.2 Å². The molecule has 1 fully saturated rings. The minimum atomic E-state index is -0.0800. The average molecular weight is 329 g/mol. The average Bonchev–Trinajstić information content (AvgIpc) is 2.49. The highest BCUT2D eigenvalue weighted by Gasteiger charge is 2.25. The molecule has 1 saturated heterocycles. The maximum atomic E-state index is 12.6. The number of halogens is 2. The van der Waals surface area contributed by atoms with Gasteiger partial charge in [-0.2, -0.15) is 0 Å². The van der Waals surface area contributed by atoms with E-state index in [1.807, 2.05) is 31.0 Å². The van der Waals surface area contributed by atoms with Crippen molar-refractivity contribution in [3.05, 3.63) is 33.8 Å². The topological polar surface area (TPSA) is 32.3 Å². The van der Waals surface area contributed by atoms with Gasteiger partial charge in [0.1, 0.15) is 0 Å². The van der Waals surface area contributed by atoms with Crippen LogP contribution in [-0.4, -0.2) is 37.0 Å². The van der Waals surface area contributed by atoms with Crippen molar-refractivity contribution in [3.63, 3.8) is 0 Å². The molecular weight excluding hydrogens is 307 g/mol. The lowest BCUT2D eigenvalue weighted by Crippen LogP contribution is -2.45. The Morgan fingerprint density at radius 2 is 2.05 bits per heavy atom. The number of carbonyl (C=O) groups excluding carboxylic acids is 1. The summed E-state index contributed by atoms with van der Waals surface area (Å²) in [5, 5.41) is 4.57. The Morgan fingerprint density at radius 3 is 2.67 bits per heavy atom. The minimum Gasteiger partial charge on any atom is -0.342 e. The molecule has 1 atom stereocenters. The molecule has 0 bridgehead atoms. The fourth-order valence-corrected chi connectivity index (χ4v) is 3.31. The maximum Gasteiger partial charge on any atom is 0.225 e. The molecule has 0 aromatic heterocycles. The number of rotatable bonds is 4. The zero-order valence-corrected chi connectivity index (χ0v) is 14.0. The van der Waals surface area contributed by atoms with Crippen molar-refractivity contribution in [3.8, 4) is 0 Å². The summed E-state index contributed by atoms with van der Waals surface area (Å²) in [6, 6.07) is 5.80. The van der Waals surface area contributed by atoms with Gasteiger partial charge in [0.05, 0.1) is 0 Å². The Morgan fingerprint density at radius 1 is 1.38 bits per heavy atom. The van der Waals surface area contributed by atoms with Gasteiger partial charge in [-0.15, -0.1) is 0 Å². The van der Waals surface area contributed by atoms with Gasteiger partial charge in [-0.05, 0) is 50.0 Å². The second-order valence-electron chi connectivity index (χ2n) is 5.77. The smallest absolute Gasteiger partial charge is 0.225 e. The molecule has 1 N–H and O–H groups in total. The number of amides is 1. The molecule has 1 unspecified atom stereocenters. The van der Waals surface area contributed by atoms with E-state index in [2.05, 4.69) is 5.32 Å². The van der Waals surface area contributed by atoms with Crippen LogP contribution >= 0.6 is 23.2 Å². The molecule has 1 aliphatic heterocycles. The number of nitrogens with zero attached hydrogens (tertiary/aromatic N) is 1. The first-order valence-corrected chi connectivity index (χ1v) is 8.16. The van der Waals surface area contributed by atoms with Crippen molar-refractivity contribution in [2.24, 2.45) is 5.92 Å². The van der Waals surface area contributed by atoms with Crippen molar-refractivity contribution >= 4 is 29.1 Å². The highest BCUT2D eigenvalue weighted by molar-refractivity contribution is 6.35. The molecule has 21 heavy (non-hydrogen) atoms. The van der Waals surface area contributed by atoms with Crippen LogP contribution in [0.2, 0.25) is 10.0 Å². The van der Waals surface area contributed by atoms with Crippen molar-refractivity contribution in [1.29, 1.82) is 0 Å². The van der Waals surface area contributed by atoms with Crippen LogP contribution in [-0.2, 0) is 11.2 Å². The molecule has 0 aliphatic carbocycles. The Kier molecular flexibility index (Phi) is 5.91. The van der Waals surface area contributed by atoms with Gasteiger partial charge in [-0.3, -0.25) is 4.79 Å². The van der Waals surface area contributed by atoms with Crippen LogP contribution in [0.5, 0.6) is 0 Å². The fraction of sp³-hybridized carbons (Fsp3) is 0.562. The first kappa shape index (κ1) is 16.6. The highest BCUT2D eigenvalue weighted by atomic mass is 35.5. The molecule has 1 aliphatic rings. The standard InChI is InChI=1S/C16H22Cl2N2O/c1-11(9-12-3-4-13(17)10-15(12)18)16(21)20(2)14-5-7-19-8-6-14/h3-4,10-11,14,19H,5-9H2,1-2H3. The summed E-state index contributed by atoms with van der Waals surface area (Å²) in [6.07, 6.45) is 2.69. The van der Waals surface area contributed by atoms with Gasteiger partial charge in [0.25, 0.3) is 0 Å². The monoisotopic (exact) mass is 328 g/mol. The Bertz CT molecular complexity index is 501. The van der Waals surface area contributed by atoms with Gasteiger partial charge in [-0.25, -0.2) is 0 Å². The summed E-state index contributed by atoms with van der Waals surface area (Å²) in [6.45, 7) is 3.93. The van der Waals surface area contributed by atoms with Crippen LogP contribution in [0.4, 0.5) is 0 Å². The third-order valence-corrected chi connectivity index (χ3v) is 4.75. The molecule has 2 rings (SSSR count). The van der Waals surface area contributed by atoms with Crippen LogP contribution < -0.4 is 5.32 Å². The first-order chi connectivity index (χ1) is 9.99. The molecular formula is C16H22Cl2N2O. The molecule has 1 aromatic rings. The lowest BCUT2D eigenvalue weighted by molar-refractivity contribution is -0.136. The number of nitrogens with one attached hydrogen (secondary N) is 1. The van der Waals surface area contributed by atoms with Crippen LogP contribution in [0.25, 0.3) is 0 Å². The summed E-state index contributed by atoms with van der Waals surface area (Å²) in [5.41, 5.74) is 0.973. The van der Waals surface area contributed by atoms with E-state index in [0.717, 1.165) is 31.5 Å². The van der Waals surface area contributed by atoms with Gasteiger partial charge >= 0.3 is 0 Å². The third kappa shape index (κ3) is 4.35. The summed E-state index contributed by atoms with van der Waals surface area (Å²) >= 11 is 12.1. The van der Waals surface area contributed by atoms with Crippen LogP contribution in [0.15, 0.2) is 18.2 Å². The molecule has 1 amide bonds. The Labute approximate surface area is 136 Å². The number of hydrogen-bond donors (Lipinski definition) is 1.